The van der Waals surface area contributed by atoms with Crippen molar-refractivity contribution < 1.29 is 0 Å². The van der Waals surface area contributed by atoms with E-state index < -0.39 is 0 Å². The first kappa shape index (κ1) is 9.97. The monoisotopic (exact) mass is 200 g/mol. The van der Waals surface area contributed by atoms with Gasteiger partial charge in [-0.15, -0.1) is 0 Å². The second-order valence-corrected chi connectivity index (χ2v) is 4.12. The fourth-order valence-electron chi connectivity index (χ4n) is 1.66. The minimum absolute atomic E-state index is 0.419. The Morgan fingerprint density at radius 1 is 1.20 bits per heavy atom. The van der Waals surface area contributed by atoms with Gasteiger partial charge in [-0.3, -0.25) is 4.68 Å². The molecule has 0 amide bonds. The van der Waals surface area contributed by atoms with Gasteiger partial charge in [0, 0.05) is 17.8 Å². The number of nitrogens with zero attached hydrogens (tertiary/aromatic N) is 2. The number of benzene rings is 1. The highest BCUT2D eigenvalue weighted by atomic mass is 15.3. The molecule has 2 aromatic rings. The summed E-state index contributed by atoms with van der Waals surface area (Å²) in [5.74, 6) is 0. The minimum Gasteiger partial charge on any atom is -0.270 e. The third kappa shape index (κ3) is 1.94. The Morgan fingerprint density at radius 2 is 1.93 bits per heavy atom. The highest BCUT2D eigenvalue weighted by molar-refractivity contribution is 5.65. The van der Waals surface area contributed by atoms with Gasteiger partial charge in [-0.05, 0) is 31.9 Å². The van der Waals surface area contributed by atoms with Crippen molar-refractivity contribution in [3.8, 4) is 11.1 Å². The van der Waals surface area contributed by atoms with Gasteiger partial charge in [0.2, 0.25) is 0 Å². The molecule has 15 heavy (non-hydrogen) atoms. The lowest BCUT2D eigenvalue weighted by atomic mass is 10.0. The maximum Gasteiger partial charge on any atom is 0.0568 e. The lowest BCUT2D eigenvalue weighted by Crippen LogP contribution is -1.99. The lowest BCUT2D eigenvalue weighted by Gasteiger charge is -2.04. The summed E-state index contributed by atoms with van der Waals surface area (Å²) in [4.78, 5) is 0. The minimum atomic E-state index is 0.419. The van der Waals surface area contributed by atoms with Crippen LogP contribution >= 0.6 is 0 Å². The molecule has 0 aliphatic rings. The lowest BCUT2D eigenvalue weighted by molar-refractivity contribution is 0.532. The van der Waals surface area contributed by atoms with E-state index in [9.17, 15) is 0 Å². The van der Waals surface area contributed by atoms with Crippen LogP contribution < -0.4 is 0 Å². The van der Waals surface area contributed by atoms with Crippen molar-refractivity contribution in [1.82, 2.24) is 9.78 Å². The first-order valence-corrected chi connectivity index (χ1v) is 5.28. The molecule has 0 radical (unpaired) electrons. The Morgan fingerprint density at radius 3 is 2.53 bits per heavy atom. The van der Waals surface area contributed by atoms with Gasteiger partial charge in [-0.1, -0.05) is 24.3 Å². The van der Waals surface area contributed by atoms with Crippen LogP contribution in [0.1, 0.15) is 25.5 Å². The van der Waals surface area contributed by atoms with Crippen molar-refractivity contribution in [1.29, 1.82) is 0 Å². The smallest absolute Gasteiger partial charge is 0.0568 e. The van der Waals surface area contributed by atoms with Crippen LogP contribution in [0.2, 0.25) is 0 Å². The predicted octanol–water partition coefficient (Wildman–Crippen LogP) is 3.44. The van der Waals surface area contributed by atoms with E-state index in [0.717, 1.165) is 0 Å². The molecule has 1 aromatic heterocycles. The van der Waals surface area contributed by atoms with E-state index in [2.05, 4.69) is 56.3 Å². The zero-order valence-corrected chi connectivity index (χ0v) is 9.44. The molecule has 0 aliphatic carbocycles. The normalized spacial score (nSPS) is 10.9. The van der Waals surface area contributed by atoms with Crippen LogP contribution in [0.5, 0.6) is 0 Å². The molecule has 2 rings (SSSR count). The third-order valence-corrected chi connectivity index (χ3v) is 2.59. The van der Waals surface area contributed by atoms with Crippen LogP contribution in [0.3, 0.4) is 0 Å². The fraction of sp³-hybridized carbons (Fsp3) is 0.308. The summed E-state index contributed by atoms with van der Waals surface area (Å²) in [6.07, 6.45) is 4.04. The summed E-state index contributed by atoms with van der Waals surface area (Å²) in [6.45, 7) is 6.39. The van der Waals surface area contributed by atoms with Gasteiger partial charge < -0.3 is 0 Å². The average molecular weight is 200 g/mol. The molecule has 2 heteroatoms. The molecule has 0 fully saturated rings. The van der Waals surface area contributed by atoms with Crippen LogP contribution in [0.15, 0.2) is 36.7 Å². The molecule has 78 valence electrons. The summed E-state index contributed by atoms with van der Waals surface area (Å²) in [5, 5.41) is 4.35. The van der Waals surface area contributed by atoms with Gasteiger partial charge >= 0.3 is 0 Å². The molecule has 0 unspecified atom stereocenters. The zero-order chi connectivity index (χ0) is 10.8. The Hall–Kier alpha value is -1.57. The quantitative estimate of drug-likeness (QED) is 0.726. The zero-order valence-electron chi connectivity index (χ0n) is 9.44. The van der Waals surface area contributed by atoms with E-state index in [0.29, 0.717) is 6.04 Å². The number of rotatable bonds is 2. The molecular weight excluding hydrogens is 184 g/mol. The van der Waals surface area contributed by atoms with Gasteiger partial charge in [0.05, 0.1) is 6.20 Å². The summed E-state index contributed by atoms with van der Waals surface area (Å²) in [7, 11) is 0. The third-order valence-electron chi connectivity index (χ3n) is 2.59. The van der Waals surface area contributed by atoms with E-state index >= 15 is 0 Å². The van der Waals surface area contributed by atoms with Crippen molar-refractivity contribution in [2.24, 2.45) is 0 Å². The molecule has 0 bridgehead atoms. The summed E-state index contributed by atoms with van der Waals surface area (Å²) in [6, 6.07) is 8.81. The van der Waals surface area contributed by atoms with Crippen molar-refractivity contribution in [3.05, 3.63) is 42.2 Å². The topological polar surface area (TPSA) is 17.8 Å². The van der Waals surface area contributed by atoms with E-state index in [1.165, 1.54) is 16.7 Å². The highest BCUT2D eigenvalue weighted by Gasteiger charge is 2.05. The molecule has 0 atom stereocenters. The number of aryl methyl sites for hydroxylation is 1. The number of aromatic nitrogens is 2. The van der Waals surface area contributed by atoms with Crippen molar-refractivity contribution in [3.63, 3.8) is 0 Å². The van der Waals surface area contributed by atoms with Crippen LogP contribution in [0.4, 0.5) is 0 Å². The van der Waals surface area contributed by atoms with Crippen LogP contribution in [-0.4, -0.2) is 9.78 Å². The van der Waals surface area contributed by atoms with Crippen molar-refractivity contribution >= 4 is 0 Å². The molecule has 1 aromatic carbocycles. The molecular formula is C13H16N2. The first-order valence-electron chi connectivity index (χ1n) is 5.28. The van der Waals surface area contributed by atoms with Gasteiger partial charge in [0.15, 0.2) is 0 Å². The summed E-state index contributed by atoms with van der Waals surface area (Å²) >= 11 is 0. The highest BCUT2D eigenvalue weighted by Crippen LogP contribution is 2.23. The molecule has 1 heterocycles. The SMILES string of the molecule is Cc1ccccc1-c1cnn(C(C)C)c1. The first-order chi connectivity index (χ1) is 7.18. The number of hydrogen-bond donors (Lipinski definition) is 0. The molecule has 0 aliphatic heterocycles. The van der Waals surface area contributed by atoms with Crippen LogP contribution in [-0.2, 0) is 0 Å². The number of hydrogen-bond acceptors (Lipinski definition) is 1. The second-order valence-electron chi connectivity index (χ2n) is 4.12. The van der Waals surface area contributed by atoms with E-state index in [1.54, 1.807) is 0 Å². The largest absolute Gasteiger partial charge is 0.270 e. The van der Waals surface area contributed by atoms with Crippen molar-refractivity contribution in [2.75, 3.05) is 0 Å². The van der Waals surface area contributed by atoms with E-state index in [1.807, 2.05) is 10.9 Å². The fourth-order valence-corrected chi connectivity index (χ4v) is 1.66. The van der Waals surface area contributed by atoms with Crippen LogP contribution in [0.25, 0.3) is 11.1 Å². The Labute approximate surface area is 90.6 Å². The van der Waals surface area contributed by atoms with Gasteiger partial charge in [-0.25, -0.2) is 0 Å². The maximum absolute atomic E-state index is 4.35. The average Bonchev–Trinajstić information content (AvgIpc) is 2.67. The molecule has 0 N–H and O–H groups in total. The van der Waals surface area contributed by atoms with Gasteiger partial charge in [0.1, 0.15) is 0 Å². The molecule has 0 saturated heterocycles. The van der Waals surface area contributed by atoms with E-state index in [4.69, 9.17) is 0 Å². The van der Waals surface area contributed by atoms with E-state index in [-0.39, 0.29) is 0 Å². The molecule has 2 nitrogen and oxygen atoms in total. The maximum atomic E-state index is 4.35. The molecule has 0 spiro atoms. The van der Waals surface area contributed by atoms with Gasteiger partial charge in [-0.2, -0.15) is 5.10 Å². The summed E-state index contributed by atoms with van der Waals surface area (Å²) < 4.78 is 1.99. The summed E-state index contributed by atoms with van der Waals surface area (Å²) in [5.41, 5.74) is 3.76. The standard InChI is InChI=1S/C13H16N2/c1-10(2)15-9-12(8-14-15)13-7-5-4-6-11(13)3/h4-10H,1-3H3. The molecule has 0 saturated carbocycles. The Kier molecular flexibility index (Phi) is 2.58. The Bertz CT molecular complexity index is 455. The Balaban J connectivity index is 2.42. The van der Waals surface area contributed by atoms with Crippen molar-refractivity contribution in [2.45, 2.75) is 26.8 Å². The van der Waals surface area contributed by atoms with Crippen LogP contribution in [0, 0.1) is 6.92 Å². The predicted molar refractivity (Wildman–Crippen MR) is 62.8 cm³/mol. The second kappa shape index (κ2) is 3.89. The van der Waals surface area contributed by atoms with Gasteiger partial charge in [0.25, 0.3) is 0 Å².